The van der Waals surface area contributed by atoms with Crippen molar-refractivity contribution in [1.29, 1.82) is 5.26 Å². The second-order valence-electron chi connectivity index (χ2n) is 3.39. The molecule has 1 aliphatic rings. The first-order chi connectivity index (χ1) is 7.22. The van der Waals surface area contributed by atoms with Gasteiger partial charge >= 0.3 is 6.03 Å². The van der Waals surface area contributed by atoms with Crippen LogP contribution in [0, 0.1) is 11.3 Å². The van der Waals surface area contributed by atoms with E-state index < -0.39 is 6.10 Å². The molecule has 5 heteroatoms. The average molecular weight is 211 g/mol. The number of hydrogen-bond donors (Lipinski definition) is 0. The van der Waals surface area contributed by atoms with Crippen molar-refractivity contribution in [1.82, 2.24) is 9.80 Å². The molecule has 1 fully saturated rings. The lowest BCUT2D eigenvalue weighted by atomic mass is 10.3. The number of rotatable bonds is 2. The Balaban J connectivity index is 2.56. The molecule has 0 aromatic rings. The average Bonchev–Trinajstić information content (AvgIpc) is 2.30. The third kappa shape index (κ3) is 2.83. The van der Waals surface area contributed by atoms with Gasteiger partial charge in [0.25, 0.3) is 0 Å². The van der Waals surface area contributed by atoms with Crippen molar-refractivity contribution in [2.24, 2.45) is 0 Å². The van der Waals surface area contributed by atoms with Crippen molar-refractivity contribution in [3.63, 3.8) is 0 Å². The van der Waals surface area contributed by atoms with Crippen LogP contribution in [0.15, 0.2) is 0 Å². The predicted molar refractivity (Wildman–Crippen MR) is 55.2 cm³/mol. The van der Waals surface area contributed by atoms with Gasteiger partial charge in [-0.1, -0.05) is 0 Å². The quantitative estimate of drug-likeness (QED) is 0.674. The summed E-state index contributed by atoms with van der Waals surface area (Å²) in [5.74, 6) is 0. The maximum atomic E-state index is 11.9. The summed E-state index contributed by atoms with van der Waals surface area (Å²) in [5.41, 5.74) is 0. The Bertz CT molecular complexity index is 258. The van der Waals surface area contributed by atoms with E-state index in [4.69, 9.17) is 10.00 Å². The summed E-state index contributed by atoms with van der Waals surface area (Å²) in [4.78, 5) is 15.3. The predicted octanol–water partition coefficient (Wildman–Crippen LogP) is 0.673. The molecule has 0 saturated carbocycles. The summed E-state index contributed by atoms with van der Waals surface area (Å²) in [6.07, 6.45) is -0.474. The van der Waals surface area contributed by atoms with E-state index >= 15 is 0 Å². The summed E-state index contributed by atoms with van der Waals surface area (Å²) < 4.78 is 5.18. The van der Waals surface area contributed by atoms with Gasteiger partial charge in [0.2, 0.25) is 0 Å². The molecule has 15 heavy (non-hydrogen) atoms. The number of carbonyl (C=O) groups is 1. The van der Waals surface area contributed by atoms with Crippen LogP contribution in [0.4, 0.5) is 4.79 Å². The Morgan fingerprint density at radius 1 is 1.60 bits per heavy atom. The molecule has 1 rings (SSSR count). The summed E-state index contributed by atoms with van der Waals surface area (Å²) in [6.45, 7) is 6.70. The number of amides is 2. The molecule has 0 spiro atoms. The molecular formula is C10H17N3O2. The van der Waals surface area contributed by atoms with E-state index in [1.165, 1.54) is 0 Å². The second-order valence-corrected chi connectivity index (χ2v) is 3.39. The van der Waals surface area contributed by atoms with Gasteiger partial charge in [0.1, 0.15) is 0 Å². The van der Waals surface area contributed by atoms with E-state index in [2.05, 4.69) is 0 Å². The zero-order valence-electron chi connectivity index (χ0n) is 9.27. The van der Waals surface area contributed by atoms with Crippen molar-refractivity contribution in [3.8, 4) is 6.07 Å². The van der Waals surface area contributed by atoms with Gasteiger partial charge in [0, 0.05) is 19.6 Å². The molecule has 0 aromatic carbocycles. The van der Waals surface area contributed by atoms with Crippen LogP contribution in [0.3, 0.4) is 0 Å². The fourth-order valence-electron chi connectivity index (χ4n) is 1.60. The van der Waals surface area contributed by atoms with Crippen molar-refractivity contribution in [2.45, 2.75) is 20.0 Å². The van der Waals surface area contributed by atoms with Crippen LogP contribution in [0.5, 0.6) is 0 Å². The minimum Gasteiger partial charge on any atom is -0.360 e. The molecule has 0 aliphatic carbocycles. The monoisotopic (exact) mass is 211 g/mol. The molecule has 2 amide bonds. The number of carbonyl (C=O) groups excluding carboxylic acids is 1. The van der Waals surface area contributed by atoms with E-state index in [9.17, 15) is 4.79 Å². The highest BCUT2D eigenvalue weighted by Gasteiger charge is 2.26. The van der Waals surface area contributed by atoms with Gasteiger partial charge in [-0.15, -0.1) is 0 Å². The van der Waals surface area contributed by atoms with E-state index in [-0.39, 0.29) is 6.03 Å². The van der Waals surface area contributed by atoms with Gasteiger partial charge < -0.3 is 14.5 Å². The third-order valence-electron chi connectivity index (χ3n) is 2.51. The topological polar surface area (TPSA) is 56.6 Å². The number of nitriles is 1. The summed E-state index contributed by atoms with van der Waals surface area (Å²) in [5, 5.41) is 8.72. The van der Waals surface area contributed by atoms with Crippen molar-refractivity contribution in [2.75, 3.05) is 32.8 Å². The maximum Gasteiger partial charge on any atom is 0.320 e. The van der Waals surface area contributed by atoms with E-state index in [0.29, 0.717) is 32.8 Å². The third-order valence-corrected chi connectivity index (χ3v) is 2.51. The normalized spacial score (nSPS) is 20.9. The zero-order valence-corrected chi connectivity index (χ0v) is 9.27. The largest absolute Gasteiger partial charge is 0.360 e. The molecule has 1 aliphatic heterocycles. The molecule has 1 saturated heterocycles. The maximum absolute atomic E-state index is 11.9. The van der Waals surface area contributed by atoms with Crippen LogP contribution < -0.4 is 0 Å². The summed E-state index contributed by atoms with van der Waals surface area (Å²) in [6, 6.07) is 2.03. The number of hydrogen-bond acceptors (Lipinski definition) is 3. The highest BCUT2D eigenvalue weighted by molar-refractivity contribution is 5.74. The number of nitrogens with zero attached hydrogens (tertiary/aromatic N) is 3. The lowest BCUT2D eigenvalue weighted by Gasteiger charge is -2.33. The van der Waals surface area contributed by atoms with Gasteiger partial charge in [-0.25, -0.2) is 4.79 Å². The first kappa shape index (κ1) is 11.8. The van der Waals surface area contributed by atoms with E-state index in [1.54, 1.807) is 9.80 Å². The molecular weight excluding hydrogens is 194 g/mol. The molecule has 0 bridgehead atoms. The van der Waals surface area contributed by atoms with Crippen LogP contribution in [0.25, 0.3) is 0 Å². The minimum atomic E-state index is -0.474. The zero-order chi connectivity index (χ0) is 11.3. The summed E-state index contributed by atoms with van der Waals surface area (Å²) in [7, 11) is 0. The molecule has 84 valence electrons. The molecule has 0 N–H and O–H groups in total. The fraction of sp³-hybridized carbons (Fsp3) is 0.800. The fourth-order valence-corrected chi connectivity index (χ4v) is 1.60. The van der Waals surface area contributed by atoms with Crippen LogP contribution in [-0.2, 0) is 4.74 Å². The van der Waals surface area contributed by atoms with Crippen LogP contribution >= 0.6 is 0 Å². The standard InChI is InChI=1S/C10H17N3O2/c1-3-12(4-2)10(14)13-5-6-15-9(7-11)8-13/h9H,3-6,8H2,1-2H3. The van der Waals surface area contributed by atoms with Gasteiger partial charge in [-0.05, 0) is 13.8 Å². The Labute approximate surface area is 90.2 Å². The first-order valence-corrected chi connectivity index (χ1v) is 5.28. The first-order valence-electron chi connectivity index (χ1n) is 5.28. The molecule has 1 unspecified atom stereocenters. The Morgan fingerprint density at radius 3 is 2.80 bits per heavy atom. The Hall–Kier alpha value is -1.28. The Kier molecular flexibility index (Phi) is 4.37. The Morgan fingerprint density at radius 2 is 2.27 bits per heavy atom. The van der Waals surface area contributed by atoms with E-state index in [0.717, 1.165) is 0 Å². The SMILES string of the molecule is CCN(CC)C(=O)N1CCOC(C#N)C1. The number of urea groups is 1. The van der Waals surface area contributed by atoms with Crippen molar-refractivity contribution >= 4 is 6.03 Å². The number of ether oxygens (including phenoxy) is 1. The molecule has 5 nitrogen and oxygen atoms in total. The van der Waals surface area contributed by atoms with Crippen molar-refractivity contribution in [3.05, 3.63) is 0 Å². The molecule has 1 heterocycles. The molecule has 0 aromatic heterocycles. The summed E-state index contributed by atoms with van der Waals surface area (Å²) >= 11 is 0. The van der Waals surface area contributed by atoms with Crippen LogP contribution in [0.1, 0.15) is 13.8 Å². The highest BCUT2D eigenvalue weighted by atomic mass is 16.5. The van der Waals surface area contributed by atoms with Gasteiger partial charge in [0.15, 0.2) is 6.10 Å². The lowest BCUT2D eigenvalue weighted by Crippen LogP contribution is -2.50. The van der Waals surface area contributed by atoms with Crippen LogP contribution in [0.2, 0.25) is 0 Å². The van der Waals surface area contributed by atoms with Gasteiger partial charge in [0.05, 0.1) is 19.2 Å². The van der Waals surface area contributed by atoms with Crippen molar-refractivity contribution < 1.29 is 9.53 Å². The van der Waals surface area contributed by atoms with Gasteiger partial charge in [-0.3, -0.25) is 0 Å². The molecule has 1 atom stereocenters. The van der Waals surface area contributed by atoms with E-state index in [1.807, 2.05) is 19.9 Å². The van der Waals surface area contributed by atoms with Gasteiger partial charge in [-0.2, -0.15) is 5.26 Å². The number of morpholine rings is 1. The second kappa shape index (κ2) is 5.56. The lowest BCUT2D eigenvalue weighted by molar-refractivity contribution is 0.00942. The highest BCUT2D eigenvalue weighted by Crippen LogP contribution is 2.07. The molecule has 0 radical (unpaired) electrons. The minimum absolute atomic E-state index is 0.00329. The smallest absolute Gasteiger partial charge is 0.320 e. The van der Waals surface area contributed by atoms with Crippen LogP contribution in [-0.4, -0.2) is 54.7 Å².